The second kappa shape index (κ2) is 17.3. The van der Waals surface area contributed by atoms with E-state index in [9.17, 15) is 23.6 Å². The van der Waals surface area contributed by atoms with Gasteiger partial charge in [-0.15, -0.1) is 0 Å². The average molecular weight is 706 g/mol. The van der Waals surface area contributed by atoms with Gasteiger partial charge in [-0.1, -0.05) is 24.3 Å². The van der Waals surface area contributed by atoms with E-state index in [1.165, 1.54) is 12.0 Å². The lowest BCUT2D eigenvalue weighted by atomic mass is 10.0. The van der Waals surface area contributed by atoms with Crippen molar-refractivity contribution in [2.45, 2.75) is 76.9 Å². The number of hydrogen-bond donors (Lipinski definition) is 4. The van der Waals surface area contributed by atoms with Gasteiger partial charge in [-0.25, -0.2) is 14.0 Å². The van der Waals surface area contributed by atoms with Crippen LogP contribution in [0.2, 0.25) is 0 Å². The van der Waals surface area contributed by atoms with Gasteiger partial charge in [0.1, 0.15) is 18.5 Å². The number of esters is 1. The molecule has 1 heterocycles. The topological polar surface area (TPSA) is 161 Å². The van der Waals surface area contributed by atoms with Crippen LogP contribution in [0.4, 0.5) is 20.6 Å². The van der Waals surface area contributed by atoms with Gasteiger partial charge in [0.25, 0.3) is 0 Å². The number of nitrogens with zero attached hydrogens (tertiary/aromatic N) is 1. The molecule has 4 amide bonds. The first-order valence-electron chi connectivity index (χ1n) is 16.8. The summed E-state index contributed by atoms with van der Waals surface area (Å²) < 4.78 is 30.7. The Morgan fingerprint density at radius 1 is 0.882 bits per heavy atom. The number of ether oxygens (including phenoxy) is 3. The summed E-state index contributed by atoms with van der Waals surface area (Å²) >= 11 is 0. The molecular weight excluding hydrogens is 657 g/mol. The molecular formula is C38H48FN5O7. The molecule has 0 bridgehead atoms. The number of rotatable bonds is 15. The van der Waals surface area contributed by atoms with E-state index in [4.69, 9.17) is 19.9 Å². The van der Waals surface area contributed by atoms with E-state index >= 15 is 0 Å². The number of carbonyl (C=O) groups is 4. The lowest BCUT2D eigenvalue weighted by molar-refractivity contribution is -0.132. The number of likely N-dealkylation sites (tertiary alicyclic amines) is 1. The molecule has 1 aliphatic heterocycles. The van der Waals surface area contributed by atoms with Crippen LogP contribution >= 0.6 is 0 Å². The zero-order valence-electron chi connectivity index (χ0n) is 29.8. The molecule has 0 aliphatic carbocycles. The number of benzene rings is 3. The third-order valence-corrected chi connectivity index (χ3v) is 8.09. The zero-order valence-corrected chi connectivity index (χ0v) is 29.8. The summed E-state index contributed by atoms with van der Waals surface area (Å²) in [5, 5.41) is 8.43. The molecule has 0 saturated carbocycles. The molecule has 4 rings (SSSR count). The summed E-state index contributed by atoms with van der Waals surface area (Å²) in [4.78, 5) is 51.4. The summed E-state index contributed by atoms with van der Waals surface area (Å²) in [6.45, 7) is 8.20. The SMILES string of the molecule is COC(=O)c1ccc(OCC2CC(F)CN2C(=O)Cc2ccc(NC(=O)Nc3ccc(CNC(=O)CC(C)(C)OCC(C)(C)N)cc3)cc2)cc1. The van der Waals surface area contributed by atoms with Gasteiger partial charge in [0.15, 0.2) is 0 Å². The fraction of sp³-hybridized carbons (Fsp3) is 0.421. The van der Waals surface area contributed by atoms with Crippen molar-refractivity contribution in [3.05, 3.63) is 89.5 Å². The van der Waals surface area contributed by atoms with Gasteiger partial charge >= 0.3 is 12.0 Å². The van der Waals surface area contributed by atoms with Gasteiger partial charge in [-0.2, -0.15) is 0 Å². The zero-order chi connectivity index (χ0) is 37.2. The number of anilines is 2. The molecule has 3 aromatic carbocycles. The van der Waals surface area contributed by atoms with Gasteiger partial charge in [-0.05, 0) is 87.4 Å². The monoisotopic (exact) mass is 705 g/mol. The smallest absolute Gasteiger partial charge is 0.337 e. The molecule has 1 fully saturated rings. The predicted octanol–water partition coefficient (Wildman–Crippen LogP) is 5.22. The Kier molecular flexibility index (Phi) is 13.1. The predicted molar refractivity (Wildman–Crippen MR) is 192 cm³/mol. The number of hydrogen-bond acceptors (Lipinski definition) is 8. The molecule has 1 aliphatic rings. The lowest BCUT2D eigenvalue weighted by Crippen LogP contribution is -2.43. The average Bonchev–Trinajstić information content (AvgIpc) is 3.47. The van der Waals surface area contributed by atoms with Gasteiger partial charge in [0.2, 0.25) is 11.8 Å². The number of carbonyl (C=O) groups excluding carboxylic acids is 4. The number of urea groups is 1. The number of nitrogens with one attached hydrogen (secondary N) is 3. The number of alkyl halides is 1. The number of nitrogens with two attached hydrogens (primary N) is 1. The van der Waals surface area contributed by atoms with Crippen LogP contribution in [0.1, 0.15) is 62.0 Å². The van der Waals surface area contributed by atoms with Crippen LogP contribution < -0.4 is 26.4 Å². The van der Waals surface area contributed by atoms with Gasteiger partial charge in [-0.3, -0.25) is 9.59 Å². The second-order valence-electron chi connectivity index (χ2n) is 14.0. The minimum Gasteiger partial charge on any atom is -0.491 e. The van der Waals surface area contributed by atoms with Crippen molar-refractivity contribution < 1.29 is 37.8 Å². The number of halogens is 1. The molecule has 5 N–H and O–H groups in total. The summed E-state index contributed by atoms with van der Waals surface area (Å²) in [6, 6.07) is 19.5. The first-order valence-corrected chi connectivity index (χ1v) is 16.8. The van der Waals surface area contributed by atoms with E-state index in [1.54, 1.807) is 60.7 Å². The van der Waals surface area contributed by atoms with Crippen LogP contribution in [-0.2, 0) is 32.0 Å². The molecule has 0 spiro atoms. The lowest BCUT2D eigenvalue weighted by Gasteiger charge is -2.29. The molecule has 0 aromatic heterocycles. The molecule has 2 atom stereocenters. The van der Waals surface area contributed by atoms with Crippen molar-refractivity contribution in [3.8, 4) is 5.75 Å². The highest BCUT2D eigenvalue weighted by Gasteiger charge is 2.35. The minimum absolute atomic E-state index is 0.00825. The minimum atomic E-state index is -1.15. The molecule has 1 saturated heterocycles. The normalized spacial score (nSPS) is 15.9. The highest BCUT2D eigenvalue weighted by atomic mass is 19.1. The van der Waals surface area contributed by atoms with E-state index in [0.717, 1.165) is 5.56 Å². The Morgan fingerprint density at radius 2 is 1.47 bits per heavy atom. The van der Waals surface area contributed by atoms with Crippen LogP contribution in [-0.4, -0.2) is 78.9 Å². The first-order chi connectivity index (χ1) is 24.1. The highest BCUT2D eigenvalue weighted by Crippen LogP contribution is 2.24. The van der Waals surface area contributed by atoms with Crippen molar-refractivity contribution in [1.82, 2.24) is 10.2 Å². The highest BCUT2D eigenvalue weighted by molar-refractivity contribution is 5.99. The van der Waals surface area contributed by atoms with E-state index in [2.05, 4.69) is 16.0 Å². The largest absolute Gasteiger partial charge is 0.491 e. The Hall–Kier alpha value is -5.01. The van der Waals surface area contributed by atoms with Gasteiger partial charge < -0.3 is 40.8 Å². The first kappa shape index (κ1) is 38.8. The molecule has 0 radical (unpaired) electrons. The standard InChI is InChI=1S/C38H48FN5O7/c1-37(2,40)24-51-38(3,4)20-33(45)41-21-26-8-14-30(15-9-26)43-36(48)42-29-12-6-25(7-13-29)18-34(46)44-22-28(39)19-31(44)23-50-32-16-10-27(11-17-32)35(47)49-5/h6-17,28,31H,18-24,40H2,1-5H3,(H,41,45)(H2,42,43,48). The third kappa shape index (κ3) is 12.7. The molecule has 12 nitrogen and oxygen atoms in total. The quantitative estimate of drug-likeness (QED) is 0.157. The van der Waals surface area contributed by atoms with Crippen LogP contribution in [0.5, 0.6) is 5.75 Å². The number of methoxy groups -OCH3 is 1. The maximum atomic E-state index is 14.4. The summed E-state index contributed by atoms with van der Waals surface area (Å²) in [6.07, 6.45) is -0.725. The van der Waals surface area contributed by atoms with Gasteiger partial charge in [0, 0.05) is 29.9 Å². The molecule has 2 unspecified atom stereocenters. The molecule has 13 heteroatoms. The van der Waals surface area contributed by atoms with Crippen LogP contribution in [0, 0.1) is 0 Å². The third-order valence-electron chi connectivity index (χ3n) is 8.09. The fourth-order valence-electron chi connectivity index (χ4n) is 5.38. The Bertz CT molecular complexity index is 1640. The Labute approximate surface area is 298 Å². The molecule has 274 valence electrons. The fourth-order valence-corrected chi connectivity index (χ4v) is 5.38. The van der Waals surface area contributed by atoms with Crippen LogP contribution in [0.25, 0.3) is 0 Å². The molecule has 3 aromatic rings. The van der Waals surface area contributed by atoms with Crippen molar-refractivity contribution in [3.63, 3.8) is 0 Å². The van der Waals surface area contributed by atoms with E-state index < -0.39 is 35.4 Å². The number of amides is 4. The Balaban J connectivity index is 1.20. The van der Waals surface area contributed by atoms with Crippen LogP contribution in [0.3, 0.4) is 0 Å². The maximum Gasteiger partial charge on any atom is 0.337 e. The van der Waals surface area contributed by atoms with E-state index in [0.29, 0.717) is 41.4 Å². The van der Waals surface area contributed by atoms with E-state index in [-0.39, 0.29) is 44.2 Å². The summed E-state index contributed by atoms with van der Waals surface area (Å²) in [5.41, 5.74) is 7.89. The van der Waals surface area contributed by atoms with Crippen molar-refractivity contribution in [2.75, 3.05) is 37.5 Å². The van der Waals surface area contributed by atoms with Crippen LogP contribution in [0.15, 0.2) is 72.8 Å². The van der Waals surface area contributed by atoms with E-state index in [1.807, 2.05) is 39.8 Å². The summed E-state index contributed by atoms with van der Waals surface area (Å²) in [5.74, 6) is -0.333. The van der Waals surface area contributed by atoms with Gasteiger partial charge in [0.05, 0.1) is 50.3 Å². The van der Waals surface area contributed by atoms with Crippen molar-refractivity contribution >= 4 is 35.2 Å². The molecule has 51 heavy (non-hydrogen) atoms. The van der Waals surface area contributed by atoms with Crippen molar-refractivity contribution in [1.29, 1.82) is 0 Å². The maximum absolute atomic E-state index is 14.4. The second-order valence-corrected chi connectivity index (χ2v) is 14.0. The summed E-state index contributed by atoms with van der Waals surface area (Å²) in [7, 11) is 1.30. The Morgan fingerprint density at radius 3 is 2.04 bits per heavy atom. The van der Waals surface area contributed by atoms with Crippen molar-refractivity contribution in [2.24, 2.45) is 5.73 Å².